The van der Waals surface area contributed by atoms with Gasteiger partial charge >= 0.3 is 0 Å². The predicted molar refractivity (Wildman–Crippen MR) is 85.0 cm³/mol. The van der Waals surface area contributed by atoms with E-state index in [4.69, 9.17) is 0 Å². The van der Waals surface area contributed by atoms with Crippen molar-refractivity contribution in [3.63, 3.8) is 0 Å². The molecular weight excluding hydrogens is 402 g/mol. The first kappa shape index (κ1) is 16.4. The summed E-state index contributed by atoms with van der Waals surface area (Å²) in [4.78, 5) is 38.6. The van der Waals surface area contributed by atoms with Crippen LogP contribution in [0, 0.1) is 0 Å². The second-order valence-corrected chi connectivity index (χ2v) is 7.08. The van der Waals surface area contributed by atoms with Crippen LogP contribution >= 0.6 is 15.9 Å². The van der Waals surface area contributed by atoms with Crippen molar-refractivity contribution in [3.05, 3.63) is 57.1 Å². The Morgan fingerprint density at radius 3 is 2.08 bits per heavy atom. The lowest BCUT2D eigenvalue weighted by Gasteiger charge is -2.20. The minimum absolute atomic E-state index is 0.0113. The molecule has 1 N–H and O–H groups in total. The zero-order chi connectivity index (χ0) is 17.6. The van der Waals surface area contributed by atoms with Crippen LogP contribution in [0.5, 0.6) is 0 Å². The second kappa shape index (κ2) is 5.57. The molecule has 3 rings (SSSR count). The van der Waals surface area contributed by atoms with Crippen molar-refractivity contribution in [2.75, 3.05) is 0 Å². The van der Waals surface area contributed by atoms with Crippen LogP contribution in [-0.2, 0) is 14.9 Å². The number of benzene rings is 2. The summed E-state index contributed by atoms with van der Waals surface area (Å²) in [5, 5.41) is 0. The molecule has 0 atom stereocenters. The van der Waals surface area contributed by atoms with Gasteiger partial charge in [-0.3, -0.25) is 14.1 Å². The van der Waals surface area contributed by atoms with E-state index in [0.717, 1.165) is 12.1 Å². The molecule has 0 bridgehead atoms. The van der Waals surface area contributed by atoms with Gasteiger partial charge in [0.25, 0.3) is 10.1 Å². The standard InChI is InChI=1S/C15H6BrNO6S/c16-9-5-10(24(21,22)23)13(17-6-18)12-11(9)14(19)7-3-1-2-4-8(7)15(12)20/h1-5H,(H,21,22,23). The summed E-state index contributed by atoms with van der Waals surface area (Å²) in [6, 6.07) is 6.91. The van der Waals surface area contributed by atoms with E-state index >= 15 is 0 Å². The zero-order valence-corrected chi connectivity index (χ0v) is 14.0. The molecule has 2 aromatic carbocycles. The monoisotopic (exact) mass is 407 g/mol. The minimum atomic E-state index is -4.80. The Morgan fingerprint density at radius 2 is 1.58 bits per heavy atom. The molecule has 7 nitrogen and oxygen atoms in total. The van der Waals surface area contributed by atoms with Crippen LogP contribution in [0.3, 0.4) is 0 Å². The molecule has 0 aromatic heterocycles. The van der Waals surface area contributed by atoms with Crippen LogP contribution in [0.4, 0.5) is 5.69 Å². The van der Waals surface area contributed by atoms with E-state index < -0.39 is 32.3 Å². The fourth-order valence-corrected chi connectivity index (χ4v) is 3.98. The van der Waals surface area contributed by atoms with Gasteiger partial charge in [-0.15, -0.1) is 0 Å². The van der Waals surface area contributed by atoms with E-state index in [9.17, 15) is 27.4 Å². The summed E-state index contributed by atoms with van der Waals surface area (Å²) in [5.41, 5.74) is -0.907. The Balaban J connectivity index is 2.51. The average Bonchev–Trinajstić information content (AvgIpc) is 2.53. The highest BCUT2D eigenvalue weighted by Crippen LogP contribution is 2.41. The number of ketones is 2. The molecule has 2 aromatic rings. The van der Waals surface area contributed by atoms with E-state index in [1.54, 1.807) is 12.1 Å². The Kier molecular flexibility index (Phi) is 3.81. The molecule has 9 heteroatoms. The second-order valence-electron chi connectivity index (χ2n) is 4.84. The molecule has 0 amide bonds. The smallest absolute Gasteiger partial charge is 0.289 e. The van der Waals surface area contributed by atoms with Gasteiger partial charge in [-0.25, -0.2) is 4.79 Å². The SMILES string of the molecule is O=C=Nc1c(S(=O)(=O)O)cc(Br)c2c1C(=O)c1ccccc1C2=O. The highest BCUT2D eigenvalue weighted by Gasteiger charge is 2.36. The molecule has 24 heavy (non-hydrogen) atoms. The van der Waals surface area contributed by atoms with Gasteiger partial charge in [0.1, 0.15) is 10.6 Å². The third-order valence-corrected chi connectivity index (χ3v) is 5.02. The Hall–Kier alpha value is -2.45. The summed E-state index contributed by atoms with van der Waals surface area (Å²) >= 11 is 3.04. The molecule has 0 saturated carbocycles. The van der Waals surface area contributed by atoms with Crippen LogP contribution in [-0.4, -0.2) is 30.6 Å². The highest BCUT2D eigenvalue weighted by atomic mass is 79.9. The average molecular weight is 408 g/mol. The Labute approximate surface area is 143 Å². The molecule has 1 aliphatic carbocycles. The molecule has 0 heterocycles. The number of aliphatic imine (C=N–C) groups is 1. The first-order chi connectivity index (χ1) is 11.3. The lowest BCUT2D eigenvalue weighted by molar-refractivity contribution is 0.0978. The summed E-state index contributed by atoms with van der Waals surface area (Å²) in [6.07, 6.45) is 1.15. The van der Waals surface area contributed by atoms with Crippen molar-refractivity contribution in [1.82, 2.24) is 0 Å². The van der Waals surface area contributed by atoms with Crippen molar-refractivity contribution >= 4 is 49.4 Å². The van der Waals surface area contributed by atoms with Crippen molar-refractivity contribution in [2.24, 2.45) is 4.99 Å². The minimum Gasteiger partial charge on any atom is -0.289 e. The quantitative estimate of drug-likeness (QED) is 0.395. The van der Waals surface area contributed by atoms with E-state index in [2.05, 4.69) is 20.9 Å². The van der Waals surface area contributed by atoms with Crippen LogP contribution in [0.25, 0.3) is 0 Å². The fraction of sp³-hybridized carbons (Fsp3) is 0. The molecule has 0 radical (unpaired) electrons. The summed E-state index contributed by atoms with van der Waals surface area (Å²) in [6.45, 7) is 0. The van der Waals surface area contributed by atoms with Gasteiger partial charge in [-0.2, -0.15) is 13.4 Å². The summed E-state index contributed by atoms with van der Waals surface area (Å²) in [7, 11) is -4.80. The van der Waals surface area contributed by atoms with Crippen LogP contribution in [0.2, 0.25) is 0 Å². The van der Waals surface area contributed by atoms with E-state index in [1.807, 2.05) is 0 Å². The summed E-state index contributed by atoms with van der Waals surface area (Å²) < 4.78 is 32.4. The molecular formula is C15H6BrNO6S. The largest absolute Gasteiger partial charge is 0.296 e. The van der Waals surface area contributed by atoms with Crippen LogP contribution in [0.15, 0.2) is 44.7 Å². The molecule has 0 saturated heterocycles. The van der Waals surface area contributed by atoms with Crippen molar-refractivity contribution in [3.8, 4) is 0 Å². The lowest BCUT2D eigenvalue weighted by atomic mass is 9.83. The first-order valence-corrected chi connectivity index (χ1v) is 8.61. The number of fused-ring (bicyclic) bond motifs is 2. The molecule has 1 aliphatic rings. The lowest BCUT2D eigenvalue weighted by Crippen LogP contribution is -2.22. The number of rotatable bonds is 2. The normalized spacial score (nSPS) is 13.1. The van der Waals surface area contributed by atoms with Crippen molar-refractivity contribution < 1.29 is 27.4 Å². The molecule has 120 valence electrons. The summed E-state index contributed by atoms with van der Waals surface area (Å²) in [5.74, 6) is -1.21. The van der Waals surface area contributed by atoms with E-state index in [1.165, 1.54) is 12.1 Å². The topological polar surface area (TPSA) is 118 Å². The third kappa shape index (κ3) is 2.35. The number of carbonyl (C=O) groups excluding carboxylic acids is 3. The van der Waals surface area contributed by atoms with Crippen LogP contribution < -0.4 is 0 Å². The van der Waals surface area contributed by atoms with Gasteiger partial charge in [0, 0.05) is 15.6 Å². The number of isocyanates is 1. The maximum Gasteiger partial charge on any atom is 0.296 e. The predicted octanol–water partition coefficient (Wildman–Crippen LogP) is 2.44. The number of nitrogens with zero attached hydrogens (tertiary/aromatic N) is 1. The number of halogens is 1. The number of carbonyl (C=O) groups is 2. The van der Waals surface area contributed by atoms with Gasteiger partial charge < -0.3 is 0 Å². The molecule has 0 fully saturated rings. The fourth-order valence-electron chi connectivity index (χ4n) is 2.56. The van der Waals surface area contributed by atoms with Gasteiger partial charge in [0.15, 0.2) is 11.6 Å². The van der Waals surface area contributed by atoms with Gasteiger partial charge in [-0.1, -0.05) is 24.3 Å². The maximum atomic E-state index is 12.7. The molecule has 0 spiro atoms. The van der Waals surface area contributed by atoms with Gasteiger partial charge in [0.05, 0.1) is 11.1 Å². The van der Waals surface area contributed by atoms with Crippen LogP contribution in [0.1, 0.15) is 31.8 Å². The Morgan fingerprint density at radius 1 is 1.04 bits per heavy atom. The third-order valence-electron chi connectivity index (χ3n) is 3.52. The zero-order valence-electron chi connectivity index (χ0n) is 11.6. The number of hydrogen-bond acceptors (Lipinski definition) is 6. The maximum absolute atomic E-state index is 12.7. The Bertz CT molecular complexity index is 1080. The molecule has 0 unspecified atom stereocenters. The van der Waals surface area contributed by atoms with E-state index in [0.29, 0.717) is 0 Å². The first-order valence-electron chi connectivity index (χ1n) is 6.37. The van der Waals surface area contributed by atoms with Crippen molar-refractivity contribution in [2.45, 2.75) is 4.90 Å². The van der Waals surface area contributed by atoms with E-state index in [-0.39, 0.29) is 26.7 Å². The van der Waals surface area contributed by atoms with Gasteiger partial charge in [0.2, 0.25) is 6.08 Å². The number of hydrogen-bond donors (Lipinski definition) is 1. The molecule has 0 aliphatic heterocycles. The van der Waals surface area contributed by atoms with Gasteiger partial charge in [-0.05, 0) is 22.0 Å². The van der Waals surface area contributed by atoms with Crippen molar-refractivity contribution in [1.29, 1.82) is 0 Å². The highest BCUT2D eigenvalue weighted by molar-refractivity contribution is 9.10.